The van der Waals surface area contributed by atoms with Gasteiger partial charge >= 0.3 is 0 Å². The largest absolute Gasteiger partial charge is 0.0805 e. The second-order valence-electron chi connectivity index (χ2n) is 5.14. The quantitative estimate of drug-likeness (QED) is 0.543. The van der Waals surface area contributed by atoms with Gasteiger partial charge in [-0.05, 0) is 42.4 Å². The van der Waals surface area contributed by atoms with Crippen molar-refractivity contribution in [3.05, 3.63) is 30.7 Å². The Kier molecular flexibility index (Phi) is 2.04. The van der Waals surface area contributed by atoms with E-state index in [2.05, 4.69) is 37.6 Å². The van der Waals surface area contributed by atoms with E-state index in [1.165, 1.54) is 19.3 Å². The van der Waals surface area contributed by atoms with Gasteiger partial charge in [-0.15, -0.1) is 0 Å². The van der Waals surface area contributed by atoms with E-state index in [9.17, 15) is 0 Å². The smallest absolute Gasteiger partial charge is 0.00531 e. The summed E-state index contributed by atoms with van der Waals surface area (Å²) < 4.78 is 0. The van der Waals surface area contributed by atoms with Crippen LogP contribution in [0, 0.1) is 36.0 Å². The highest BCUT2D eigenvalue weighted by atomic mass is 14.5. The van der Waals surface area contributed by atoms with Crippen molar-refractivity contribution in [2.45, 2.75) is 26.2 Å². The maximum atomic E-state index is 3.81. The third-order valence-corrected chi connectivity index (χ3v) is 4.33. The van der Waals surface area contributed by atoms with Gasteiger partial charge in [0.05, 0.1) is 0 Å². The van der Waals surface area contributed by atoms with Gasteiger partial charge in [-0.3, -0.25) is 0 Å². The van der Waals surface area contributed by atoms with Crippen molar-refractivity contribution < 1.29 is 0 Å². The van der Waals surface area contributed by atoms with E-state index in [0.29, 0.717) is 5.92 Å². The minimum atomic E-state index is 0.635. The Morgan fingerprint density at radius 2 is 2.00 bits per heavy atom. The zero-order valence-electron chi connectivity index (χ0n) is 8.82. The van der Waals surface area contributed by atoms with Gasteiger partial charge in [-0.2, -0.15) is 0 Å². The summed E-state index contributed by atoms with van der Waals surface area (Å²) in [5, 5.41) is 0. The first-order valence-electron chi connectivity index (χ1n) is 5.97. The van der Waals surface area contributed by atoms with Crippen LogP contribution >= 0.6 is 0 Å². The highest BCUT2D eigenvalue weighted by Gasteiger charge is 2.45. The molecule has 2 radical (unpaired) electrons. The lowest BCUT2D eigenvalue weighted by atomic mass is 9.72. The van der Waals surface area contributed by atoms with Crippen molar-refractivity contribution in [3.8, 4) is 0 Å². The average molecular weight is 186 g/mol. The molecule has 0 heterocycles. The molecule has 0 nitrogen and oxygen atoms in total. The minimum absolute atomic E-state index is 0.635. The number of fused-ring (bicyclic) bond motifs is 3. The van der Waals surface area contributed by atoms with E-state index in [1.54, 1.807) is 0 Å². The average Bonchev–Trinajstić information content (AvgIpc) is 2.59. The van der Waals surface area contributed by atoms with Gasteiger partial charge in [0.25, 0.3) is 0 Å². The van der Waals surface area contributed by atoms with Gasteiger partial charge in [0, 0.05) is 0 Å². The van der Waals surface area contributed by atoms with Crippen LogP contribution in [0.15, 0.2) is 24.3 Å². The Balaban J connectivity index is 1.87. The molecule has 2 saturated carbocycles. The molecule has 3 aliphatic rings. The molecule has 5 atom stereocenters. The third-order valence-electron chi connectivity index (χ3n) is 4.33. The molecular weight excluding hydrogens is 168 g/mol. The molecule has 0 heteroatoms. The van der Waals surface area contributed by atoms with Crippen molar-refractivity contribution in [2.75, 3.05) is 0 Å². The Morgan fingerprint density at radius 1 is 1.14 bits per heavy atom. The number of rotatable bonds is 0. The molecule has 0 aromatic heterocycles. The molecule has 0 aromatic rings. The van der Waals surface area contributed by atoms with Gasteiger partial charge in [0.15, 0.2) is 0 Å². The van der Waals surface area contributed by atoms with E-state index in [1.807, 2.05) is 0 Å². The van der Waals surface area contributed by atoms with Crippen LogP contribution in [-0.4, -0.2) is 0 Å². The Hall–Kier alpha value is -0.520. The fourth-order valence-corrected chi connectivity index (χ4v) is 3.60. The van der Waals surface area contributed by atoms with Gasteiger partial charge in [0.2, 0.25) is 0 Å². The maximum Gasteiger partial charge on any atom is -0.00531 e. The summed E-state index contributed by atoms with van der Waals surface area (Å²) in [6, 6.07) is 0. The number of hydrogen-bond donors (Lipinski definition) is 0. The second kappa shape index (κ2) is 3.25. The molecule has 0 saturated heterocycles. The van der Waals surface area contributed by atoms with Crippen LogP contribution in [0.1, 0.15) is 26.2 Å². The lowest BCUT2D eigenvalue weighted by molar-refractivity contribution is 0.195. The van der Waals surface area contributed by atoms with Crippen molar-refractivity contribution in [1.82, 2.24) is 0 Å². The molecule has 0 aromatic carbocycles. The molecule has 2 fully saturated rings. The molecule has 0 aliphatic heterocycles. The standard InChI is InChI=1S/C14H18/c1-10-5-4-8-13-12-7-3-2-6-11(12)9-14(10)13/h2-3,6-7,10-14H,4-5,8H2,1H3. The van der Waals surface area contributed by atoms with Gasteiger partial charge in [0.1, 0.15) is 0 Å². The molecule has 3 rings (SSSR count). The summed E-state index contributed by atoms with van der Waals surface area (Å²) in [6.07, 6.45) is 17.3. The fourth-order valence-electron chi connectivity index (χ4n) is 3.60. The van der Waals surface area contributed by atoms with Crippen LogP contribution in [0.25, 0.3) is 0 Å². The summed E-state index contributed by atoms with van der Waals surface area (Å²) in [5.41, 5.74) is 0. The third kappa shape index (κ3) is 1.20. The predicted octanol–water partition coefficient (Wildman–Crippen LogP) is 3.49. The summed E-state index contributed by atoms with van der Waals surface area (Å²) >= 11 is 0. The van der Waals surface area contributed by atoms with E-state index < -0.39 is 0 Å². The number of hydrogen-bond acceptors (Lipinski definition) is 0. The van der Waals surface area contributed by atoms with Crippen LogP contribution in [0.5, 0.6) is 0 Å². The Bertz CT molecular complexity index is 274. The van der Waals surface area contributed by atoms with Gasteiger partial charge in [-0.1, -0.05) is 44.1 Å². The SMILES string of the molecule is CC1CCCC2C1[C]C1C=CC=CC12. The normalized spacial score (nSPS) is 50.2. The van der Waals surface area contributed by atoms with E-state index in [0.717, 1.165) is 23.7 Å². The fraction of sp³-hybridized carbons (Fsp3) is 0.643. The van der Waals surface area contributed by atoms with E-state index in [-0.39, 0.29) is 0 Å². The van der Waals surface area contributed by atoms with E-state index in [4.69, 9.17) is 0 Å². The zero-order valence-corrected chi connectivity index (χ0v) is 8.82. The molecule has 5 unspecified atom stereocenters. The second-order valence-corrected chi connectivity index (χ2v) is 5.14. The summed E-state index contributed by atoms with van der Waals surface area (Å²) in [4.78, 5) is 0. The van der Waals surface area contributed by atoms with Crippen LogP contribution in [0.2, 0.25) is 0 Å². The predicted molar refractivity (Wildman–Crippen MR) is 58.5 cm³/mol. The molecule has 0 amide bonds. The first-order valence-corrected chi connectivity index (χ1v) is 5.97. The monoisotopic (exact) mass is 186 g/mol. The van der Waals surface area contributed by atoms with Crippen LogP contribution in [0.4, 0.5) is 0 Å². The zero-order chi connectivity index (χ0) is 9.54. The van der Waals surface area contributed by atoms with Crippen molar-refractivity contribution in [2.24, 2.45) is 29.6 Å². The van der Waals surface area contributed by atoms with Crippen molar-refractivity contribution in [3.63, 3.8) is 0 Å². The first kappa shape index (κ1) is 8.76. The summed E-state index contributed by atoms with van der Waals surface area (Å²) in [6.45, 7) is 2.41. The van der Waals surface area contributed by atoms with Gasteiger partial charge < -0.3 is 0 Å². The Morgan fingerprint density at radius 3 is 2.93 bits per heavy atom. The molecule has 0 bridgehead atoms. The van der Waals surface area contributed by atoms with Crippen LogP contribution in [0.3, 0.4) is 0 Å². The summed E-state index contributed by atoms with van der Waals surface area (Å²) in [7, 11) is 0. The Labute approximate surface area is 87.1 Å². The lowest BCUT2D eigenvalue weighted by Crippen LogP contribution is -2.25. The van der Waals surface area contributed by atoms with Crippen LogP contribution < -0.4 is 0 Å². The molecule has 0 spiro atoms. The molecule has 3 aliphatic carbocycles. The topological polar surface area (TPSA) is 0 Å². The minimum Gasteiger partial charge on any atom is -0.0805 e. The highest BCUT2D eigenvalue weighted by Crippen LogP contribution is 2.52. The molecule has 0 N–H and O–H groups in total. The first-order chi connectivity index (χ1) is 6.86. The van der Waals surface area contributed by atoms with Crippen LogP contribution in [-0.2, 0) is 0 Å². The van der Waals surface area contributed by atoms with Crippen molar-refractivity contribution >= 4 is 0 Å². The van der Waals surface area contributed by atoms with E-state index >= 15 is 0 Å². The van der Waals surface area contributed by atoms with Crippen molar-refractivity contribution in [1.29, 1.82) is 0 Å². The molecule has 74 valence electrons. The summed E-state index contributed by atoms with van der Waals surface area (Å²) in [5.74, 6) is 3.99. The highest BCUT2D eigenvalue weighted by molar-refractivity contribution is 5.23. The number of allylic oxidation sites excluding steroid dienone is 4. The maximum absolute atomic E-state index is 3.81. The van der Waals surface area contributed by atoms with Gasteiger partial charge in [-0.25, -0.2) is 0 Å². The lowest BCUT2D eigenvalue weighted by Gasteiger charge is -2.33. The molecular formula is C14H18. The molecule has 14 heavy (non-hydrogen) atoms.